The van der Waals surface area contributed by atoms with Crippen molar-refractivity contribution in [2.45, 2.75) is 31.7 Å². The first-order valence-electron chi connectivity index (χ1n) is 7.46. The molecule has 4 nitrogen and oxygen atoms in total. The Kier molecular flexibility index (Phi) is 5.55. The van der Waals surface area contributed by atoms with Crippen LogP contribution in [0.1, 0.15) is 24.8 Å². The standard InChI is InChI=1S/C17H22N2O2/c1-2-16(20)18-15(13-14-9-5-3-6-10-14)17(21)19-11-7-4-8-12-19/h2-3,5-6,9-10,15H,1,4,7-8,11-13H2,(H,18,20). The van der Waals surface area contributed by atoms with Crippen molar-refractivity contribution in [3.8, 4) is 0 Å². The highest BCUT2D eigenvalue weighted by Gasteiger charge is 2.26. The molecule has 1 aromatic carbocycles. The lowest BCUT2D eigenvalue weighted by Crippen LogP contribution is -2.50. The number of nitrogens with one attached hydrogen (secondary N) is 1. The molecule has 0 radical (unpaired) electrons. The maximum atomic E-state index is 12.6. The Labute approximate surface area is 125 Å². The number of carbonyl (C=O) groups excluding carboxylic acids is 2. The molecular formula is C17H22N2O2. The van der Waals surface area contributed by atoms with Crippen LogP contribution in [0.4, 0.5) is 0 Å². The van der Waals surface area contributed by atoms with Gasteiger partial charge in [0.05, 0.1) is 0 Å². The average molecular weight is 286 g/mol. The molecule has 1 saturated heterocycles. The fraction of sp³-hybridized carbons (Fsp3) is 0.412. The third-order valence-electron chi connectivity index (χ3n) is 3.75. The maximum Gasteiger partial charge on any atom is 0.245 e. The van der Waals surface area contributed by atoms with Crippen LogP contribution in [0.25, 0.3) is 0 Å². The number of carbonyl (C=O) groups is 2. The number of amides is 2. The summed E-state index contributed by atoms with van der Waals surface area (Å²) in [5.74, 6) is -0.296. The van der Waals surface area contributed by atoms with Crippen molar-refractivity contribution in [1.82, 2.24) is 10.2 Å². The molecule has 112 valence electrons. The van der Waals surface area contributed by atoms with Gasteiger partial charge in [-0.05, 0) is 30.9 Å². The predicted molar refractivity (Wildman–Crippen MR) is 82.7 cm³/mol. The molecule has 1 aromatic rings. The number of piperidine rings is 1. The first-order chi connectivity index (χ1) is 10.2. The van der Waals surface area contributed by atoms with Gasteiger partial charge in [-0.15, -0.1) is 0 Å². The van der Waals surface area contributed by atoms with Crippen molar-refractivity contribution in [3.05, 3.63) is 48.6 Å². The van der Waals surface area contributed by atoms with E-state index in [9.17, 15) is 9.59 Å². The van der Waals surface area contributed by atoms with E-state index in [0.29, 0.717) is 6.42 Å². The van der Waals surface area contributed by atoms with E-state index in [0.717, 1.165) is 31.5 Å². The van der Waals surface area contributed by atoms with Gasteiger partial charge in [-0.25, -0.2) is 0 Å². The topological polar surface area (TPSA) is 49.4 Å². The molecule has 0 spiro atoms. The molecule has 2 amide bonds. The molecule has 1 unspecified atom stereocenters. The maximum absolute atomic E-state index is 12.6. The first kappa shape index (κ1) is 15.3. The summed E-state index contributed by atoms with van der Waals surface area (Å²) in [6.07, 6.45) is 4.97. The molecule has 1 aliphatic rings. The lowest BCUT2D eigenvalue weighted by atomic mass is 10.0. The summed E-state index contributed by atoms with van der Waals surface area (Å²) in [6, 6.07) is 9.23. The van der Waals surface area contributed by atoms with Crippen LogP contribution in [-0.4, -0.2) is 35.8 Å². The third kappa shape index (κ3) is 4.45. The number of hydrogen-bond donors (Lipinski definition) is 1. The van der Waals surface area contributed by atoms with Crippen LogP contribution in [0, 0.1) is 0 Å². The largest absolute Gasteiger partial charge is 0.341 e. The van der Waals surface area contributed by atoms with Gasteiger partial charge in [0.2, 0.25) is 11.8 Å². The number of likely N-dealkylation sites (tertiary alicyclic amines) is 1. The smallest absolute Gasteiger partial charge is 0.245 e. The van der Waals surface area contributed by atoms with E-state index in [-0.39, 0.29) is 11.8 Å². The van der Waals surface area contributed by atoms with E-state index in [2.05, 4.69) is 11.9 Å². The molecule has 1 aliphatic heterocycles. The van der Waals surface area contributed by atoms with Gasteiger partial charge in [-0.1, -0.05) is 36.9 Å². The number of hydrogen-bond acceptors (Lipinski definition) is 2. The predicted octanol–water partition coefficient (Wildman–Crippen LogP) is 1.91. The molecule has 21 heavy (non-hydrogen) atoms. The summed E-state index contributed by atoms with van der Waals surface area (Å²) in [7, 11) is 0. The summed E-state index contributed by atoms with van der Waals surface area (Å²) in [5.41, 5.74) is 1.04. The lowest BCUT2D eigenvalue weighted by molar-refractivity contribution is -0.136. The van der Waals surface area contributed by atoms with Crippen LogP contribution in [0.2, 0.25) is 0 Å². The van der Waals surface area contributed by atoms with Gasteiger partial charge in [0.15, 0.2) is 0 Å². The summed E-state index contributed by atoms with van der Waals surface area (Å²) < 4.78 is 0. The molecule has 1 heterocycles. The minimum absolute atomic E-state index is 0.00810. The second-order valence-electron chi connectivity index (χ2n) is 5.34. The normalized spacial score (nSPS) is 16.1. The van der Waals surface area contributed by atoms with E-state index in [1.807, 2.05) is 35.2 Å². The average Bonchev–Trinajstić information content (AvgIpc) is 2.55. The SMILES string of the molecule is C=CC(=O)NC(Cc1ccccc1)C(=O)N1CCCCC1. The van der Waals surface area contributed by atoms with Crippen molar-refractivity contribution < 1.29 is 9.59 Å². The molecule has 1 fully saturated rings. The second kappa shape index (κ2) is 7.62. The van der Waals surface area contributed by atoms with Gasteiger partial charge in [-0.3, -0.25) is 9.59 Å². The molecule has 0 aliphatic carbocycles. The Morgan fingerprint density at radius 1 is 1.19 bits per heavy atom. The summed E-state index contributed by atoms with van der Waals surface area (Å²) in [6.45, 7) is 5.03. The Morgan fingerprint density at radius 3 is 2.48 bits per heavy atom. The zero-order chi connectivity index (χ0) is 15.1. The molecular weight excluding hydrogens is 264 g/mol. The summed E-state index contributed by atoms with van der Waals surface area (Å²) >= 11 is 0. The Hall–Kier alpha value is -2.10. The molecule has 0 bridgehead atoms. The van der Waals surface area contributed by atoms with Crippen molar-refractivity contribution >= 4 is 11.8 Å². The van der Waals surface area contributed by atoms with Crippen molar-refractivity contribution in [2.75, 3.05) is 13.1 Å². The highest BCUT2D eigenvalue weighted by Crippen LogP contribution is 2.12. The zero-order valence-electron chi connectivity index (χ0n) is 12.3. The second-order valence-corrected chi connectivity index (χ2v) is 5.34. The van der Waals surface area contributed by atoms with E-state index >= 15 is 0 Å². The van der Waals surface area contributed by atoms with Gasteiger partial charge in [-0.2, -0.15) is 0 Å². The molecule has 0 saturated carbocycles. The minimum atomic E-state index is -0.518. The fourth-order valence-corrected chi connectivity index (χ4v) is 2.62. The van der Waals surface area contributed by atoms with Crippen LogP contribution in [0.15, 0.2) is 43.0 Å². The van der Waals surface area contributed by atoms with E-state index in [1.165, 1.54) is 12.5 Å². The minimum Gasteiger partial charge on any atom is -0.341 e. The van der Waals surface area contributed by atoms with E-state index in [1.54, 1.807) is 0 Å². The van der Waals surface area contributed by atoms with Crippen molar-refractivity contribution in [1.29, 1.82) is 0 Å². The third-order valence-corrected chi connectivity index (χ3v) is 3.75. The van der Waals surface area contributed by atoms with Crippen LogP contribution in [-0.2, 0) is 16.0 Å². The van der Waals surface area contributed by atoms with Crippen LogP contribution < -0.4 is 5.32 Å². The molecule has 1 atom stereocenters. The van der Waals surface area contributed by atoms with Crippen LogP contribution in [0.5, 0.6) is 0 Å². The zero-order valence-corrected chi connectivity index (χ0v) is 12.3. The fourth-order valence-electron chi connectivity index (χ4n) is 2.62. The summed E-state index contributed by atoms with van der Waals surface area (Å²) in [5, 5.41) is 2.76. The molecule has 0 aromatic heterocycles. The van der Waals surface area contributed by atoms with Crippen LogP contribution in [0.3, 0.4) is 0 Å². The highest BCUT2D eigenvalue weighted by atomic mass is 16.2. The Morgan fingerprint density at radius 2 is 1.86 bits per heavy atom. The number of rotatable bonds is 5. The van der Waals surface area contributed by atoms with E-state index < -0.39 is 6.04 Å². The highest BCUT2D eigenvalue weighted by molar-refractivity contribution is 5.92. The molecule has 2 rings (SSSR count). The van der Waals surface area contributed by atoms with Gasteiger partial charge in [0, 0.05) is 19.5 Å². The Balaban J connectivity index is 2.08. The van der Waals surface area contributed by atoms with Crippen molar-refractivity contribution in [3.63, 3.8) is 0 Å². The monoisotopic (exact) mass is 286 g/mol. The Bertz CT molecular complexity index is 493. The molecule has 4 heteroatoms. The quantitative estimate of drug-likeness (QED) is 0.841. The van der Waals surface area contributed by atoms with Gasteiger partial charge in [0.1, 0.15) is 6.04 Å². The number of benzene rings is 1. The lowest BCUT2D eigenvalue weighted by Gasteiger charge is -2.30. The number of nitrogens with zero attached hydrogens (tertiary/aromatic N) is 1. The van der Waals surface area contributed by atoms with Crippen molar-refractivity contribution in [2.24, 2.45) is 0 Å². The summed E-state index contributed by atoms with van der Waals surface area (Å²) in [4.78, 5) is 26.1. The van der Waals surface area contributed by atoms with Crippen LogP contribution >= 0.6 is 0 Å². The van der Waals surface area contributed by atoms with E-state index in [4.69, 9.17) is 0 Å². The first-order valence-corrected chi connectivity index (χ1v) is 7.46. The van der Waals surface area contributed by atoms with Gasteiger partial charge in [0.25, 0.3) is 0 Å². The molecule has 1 N–H and O–H groups in total. The van der Waals surface area contributed by atoms with Gasteiger partial charge < -0.3 is 10.2 Å². The van der Waals surface area contributed by atoms with Gasteiger partial charge >= 0.3 is 0 Å².